The van der Waals surface area contributed by atoms with Crippen LogP contribution in [0.3, 0.4) is 0 Å². The van der Waals surface area contributed by atoms with E-state index in [-0.39, 0.29) is 17.6 Å². The number of nitrogens with zero attached hydrogens (tertiary/aromatic N) is 5. The Bertz CT molecular complexity index is 706. The molecule has 0 radical (unpaired) electrons. The van der Waals surface area contributed by atoms with Gasteiger partial charge in [-0.1, -0.05) is 0 Å². The van der Waals surface area contributed by atoms with Gasteiger partial charge in [-0.2, -0.15) is 0 Å². The second-order valence-electron chi connectivity index (χ2n) is 6.06. The van der Waals surface area contributed by atoms with Crippen LogP contribution in [0.2, 0.25) is 0 Å². The Labute approximate surface area is 138 Å². The van der Waals surface area contributed by atoms with Gasteiger partial charge in [-0.15, -0.1) is 0 Å². The van der Waals surface area contributed by atoms with Gasteiger partial charge >= 0.3 is 0 Å². The van der Waals surface area contributed by atoms with Crippen molar-refractivity contribution in [2.24, 2.45) is 0 Å². The molecule has 2 saturated heterocycles. The molecule has 0 aliphatic carbocycles. The molecule has 8 heteroatoms. The molecule has 4 heterocycles. The number of rotatable bonds is 3. The number of amides is 1. The molecule has 0 bridgehead atoms. The van der Waals surface area contributed by atoms with E-state index >= 15 is 0 Å². The van der Waals surface area contributed by atoms with Crippen LogP contribution in [0.4, 0.5) is 0 Å². The van der Waals surface area contributed by atoms with Crippen LogP contribution < -0.4 is 4.74 Å². The molecule has 0 unspecified atom stereocenters. The third-order valence-corrected chi connectivity index (χ3v) is 4.30. The first kappa shape index (κ1) is 14.9. The van der Waals surface area contributed by atoms with E-state index in [1.54, 1.807) is 29.7 Å². The van der Waals surface area contributed by atoms with Crippen molar-refractivity contribution in [2.75, 3.05) is 19.7 Å². The number of aromatic nitrogens is 4. The van der Waals surface area contributed by atoms with Crippen LogP contribution in [0.25, 0.3) is 0 Å². The molecule has 124 valence electrons. The third kappa shape index (κ3) is 2.92. The highest BCUT2D eigenvalue weighted by molar-refractivity contribution is 5.92. The summed E-state index contributed by atoms with van der Waals surface area (Å²) in [6, 6.07) is 0. The molecule has 2 fully saturated rings. The number of hydrogen-bond donors (Lipinski definition) is 0. The second kappa shape index (κ2) is 6.12. The molecule has 1 amide bonds. The molecule has 2 aliphatic rings. The minimum absolute atomic E-state index is 0.0178. The Morgan fingerprint density at radius 3 is 2.67 bits per heavy atom. The van der Waals surface area contributed by atoms with Crippen molar-refractivity contribution < 1.29 is 14.3 Å². The number of carbonyl (C=O) groups is 1. The van der Waals surface area contributed by atoms with E-state index in [1.165, 1.54) is 12.4 Å². The summed E-state index contributed by atoms with van der Waals surface area (Å²) < 4.78 is 11.8. The van der Waals surface area contributed by atoms with Crippen LogP contribution in [0.15, 0.2) is 37.2 Å². The first-order valence-corrected chi connectivity index (χ1v) is 7.86. The smallest absolute Gasteiger partial charge is 0.274 e. The van der Waals surface area contributed by atoms with E-state index in [0.717, 1.165) is 12.8 Å². The van der Waals surface area contributed by atoms with Gasteiger partial charge in [-0.05, 0) is 0 Å². The average molecular weight is 327 g/mol. The van der Waals surface area contributed by atoms with Gasteiger partial charge in [-0.3, -0.25) is 14.8 Å². The predicted molar refractivity (Wildman–Crippen MR) is 82.3 cm³/mol. The van der Waals surface area contributed by atoms with Crippen LogP contribution in [-0.2, 0) is 4.74 Å². The highest BCUT2D eigenvalue weighted by atomic mass is 16.5. The Kier molecular flexibility index (Phi) is 3.81. The monoisotopic (exact) mass is 327 g/mol. The third-order valence-electron chi connectivity index (χ3n) is 4.30. The van der Waals surface area contributed by atoms with Crippen LogP contribution in [0, 0.1) is 0 Å². The van der Waals surface area contributed by atoms with E-state index in [1.807, 2.05) is 0 Å². The van der Waals surface area contributed by atoms with Crippen LogP contribution in [0.1, 0.15) is 23.3 Å². The zero-order valence-electron chi connectivity index (χ0n) is 13.0. The molecular weight excluding hydrogens is 310 g/mol. The van der Waals surface area contributed by atoms with Gasteiger partial charge in [0.25, 0.3) is 5.91 Å². The normalized spacial score (nSPS) is 22.0. The lowest BCUT2D eigenvalue weighted by Crippen LogP contribution is -2.67. The quantitative estimate of drug-likeness (QED) is 0.820. The molecule has 0 aromatic carbocycles. The summed E-state index contributed by atoms with van der Waals surface area (Å²) in [7, 11) is 0. The lowest BCUT2D eigenvalue weighted by Gasteiger charge is -2.52. The summed E-state index contributed by atoms with van der Waals surface area (Å²) >= 11 is 0. The fourth-order valence-electron chi connectivity index (χ4n) is 3.19. The zero-order valence-corrected chi connectivity index (χ0v) is 13.0. The lowest BCUT2D eigenvalue weighted by atomic mass is 9.84. The second-order valence-corrected chi connectivity index (χ2v) is 6.06. The van der Waals surface area contributed by atoms with Gasteiger partial charge in [0, 0.05) is 37.6 Å². The molecule has 2 aromatic heterocycles. The van der Waals surface area contributed by atoms with Gasteiger partial charge < -0.3 is 14.4 Å². The number of ether oxygens (including phenoxy) is 2. The van der Waals surface area contributed by atoms with E-state index in [4.69, 9.17) is 9.47 Å². The molecule has 1 spiro atoms. The van der Waals surface area contributed by atoms with E-state index in [0.29, 0.717) is 31.3 Å². The maximum absolute atomic E-state index is 12.3. The summed E-state index contributed by atoms with van der Waals surface area (Å²) in [6.45, 7) is 1.70. The number of likely N-dealkylation sites (tertiary alicyclic amines) is 1. The summed E-state index contributed by atoms with van der Waals surface area (Å²) in [5.41, 5.74) is 0.0266. The largest absolute Gasteiger partial charge is 0.473 e. The SMILES string of the molecule is O=C(c1cnccn1)N1CC2(C[C@@H](Oc3cnccn3)CCO2)C1. The van der Waals surface area contributed by atoms with Crippen molar-refractivity contribution in [3.63, 3.8) is 0 Å². The fourth-order valence-corrected chi connectivity index (χ4v) is 3.19. The summed E-state index contributed by atoms with van der Waals surface area (Å²) in [6.07, 6.45) is 10.9. The Hall–Kier alpha value is -2.61. The molecule has 0 N–H and O–H groups in total. The molecular formula is C16H17N5O3. The van der Waals surface area contributed by atoms with Crippen molar-refractivity contribution in [2.45, 2.75) is 24.5 Å². The summed E-state index contributed by atoms with van der Waals surface area (Å²) in [5.74, 6) is 0.403. The van der Waals surface area contributed by atoms with Crippen LogP contribution in [-0.4, -0.2) is 62.1 Å². The molecule has 2 aliphatic heterocycles. The molecule has 24 heavy (non-hydrogen) atoms. The minimum atomic E-state index is -0.330. The standard InChI is InChI=1S/C16H17N5O3/c22-15(13-8-17-2-4-19-13)21-10-16(11-21)7-12(1-6-23-16)24-14-9-18-3-5-20-14/h2-5,8-9,12H,1,6-7,10-11H2/t12-/m0/s1. The maximum Gasteiger partial charge on any atom is 0.274 e. The van der Waals surface area contributed by atoms with Crippen LogP contribution in [0.5, 0.6) is 5.88 Å². The van der Waals surface area contributed by atoms with Gasteiger partial charge in [0.2, 0.25) is 5.88 Å². The molecule has 2 aromatic rings. The van der Waals surface area contributed by atoms with Crippen LogP contribution >= 0.6 is 0 Å². The minimum Gasteiger partial charge on any atom is -0.473 e. The molecule has 0 saturated carbocycles. The van der Waals surface area contributed by atoms with Gasteiger partial charge in [0.15, 0.2) is 0 Å². The zero-order chi connectivity index (χ0) is 16.4. The molecule has 1 atom stereocenters. The highest BCUT2D eigenvalue weighted by Crippen LogP contribution is 2.36. The van der Waals surface area contributed by atoms with E-state index in [9.17, 15) is 4.79 Å². The number of hydrogen-bond acceptors (Lipinski definition) is 7. The van der Waals surface area contributed by atoms with Gasteiger partial charge in [0.05, 0.1) is 32.1 Å². The van der Waals surface area contributed by atoms with Gasteiger partial charge in [0.1, 0.15) is 17.4 Å². The Morgan fingerprint density at radius 2 is 1.96 bits per heavy atom. The predicted octanol–water partition coefficient (Wildman–Crippen LogP) is 0.719. The Morgan fingerprint density at radius 1 is 1.17 bits per heavy atom. The topological polar surface area (TPSA) is 90.3 Å². The molecule has 8 nitrogen and oxygen atoms in total. The van der Waals surface area contributed by atoms with E-state index in [2.05, 4.69) is 19.9 Å². The summed E-state index contributed by atoms with van der Waals surface area (Å²) in [5, 5.41) is 0. The van der Waals surface area contributed by atoms with Crippen molar-refractivity contribution in [3.05, 3.63) is 42.9 Å². The average Bonchev–Trinajstić information content (AvgIpc) is 2.61. The van der Waals surface area contributed by atoms with Crippen molar-refractivity contribution in [1.82, 2.24) is 24.8 Å². The summed E-state index contributed by atoms with van der Waals surface area (Å²) in [4.78, 5) is 30.2. The highest BCUT2D eigenvalue weighted by Gasteiger charge is 2.50. The van der Waals surface area contributed by atoms with Crippen molar-refractivity contribution in [3.8, 4) is 5.88 Å². The van der Waals surface area contributed by atoms with Crippen molar-refractivity contribution >= 4 is 5.91 Å². The van der Waals surface area contributed by atoms with Gasteiger partial charge in [-0.25, -0.2) is 9.97 Å². The molecule has 4 rings (SSSR count). The number of carbonyl (C=O) groups excluding carboxylic acids is 1. The van der Waals surface area contributed by atoms with E-state index < -0.39 is 0 Å². The first-order chi connectivity index (χ1) is 11.7. The lowest BCUT2D eigenvalue weighted by molar-refractivity contribution is -0.174. The Balaban J connectivity index is 1.36. The fraction of sp³-hybridized carbons (Fsp3) is 0.438. The maximum atomic E-state index is 12.3. The van der Waals surface area contributed by atoms with Crippen molar-refractivity contribution in [1.29, 1.82) is 0 Å². The first-order valence-electron chi connectivity index (χ1n) is 7.86.